The van der Waals surface area contributed by atoms with E-state index < -0.39 is 5.92 Å². The van der Waals surface area contributed by atoms with Crippen molar-refractivity contribution in [1.29, 1.82) is 0 Å². The lowest BCUT2D eigenvalue weighted by atomic mass is 9.89. The van der Waals surface area contributed by atoms with Gasteiger partial charge in [-0.25, -0.2) is 4.39 Å². The molecule has 1 N–H and O–H groups in total. The van der Waals surface area contributed by atoms with Crippen LogP contribution in [0.3, 0.4) is 0 Å². The Hall–Kier alpha value is -2.72. The van der Waals surface area contributed by atoms with Gasteiger partial charge in [-0.2, -0.15) is 5.10 Å². The first-order valence-electron chi connectivity index (χ1n) is 15.5. The van der Waals surface area contributed by atoms with Gasteiger partial charge in [0.1, 0.15) is 13.0 Å². The number of aldehydes is 1. The molecule has 218 valence electrons. The Kier molecular flexibility index (Phi) is 11.6. The zero-order valence-electron chi connectivity index (χ0n) is 24.5. The van der Waals surface area contributed by atoms with Gasteiger partial charge >= 0.3 is 0 Å². The second kappa shape index (κ2) is 15.3. The molecule has 2 aromatic rings. The number of halogens is 1. The van der Waals surface area contributed by atoms with E-state index in [0.29, 0.717) is 31.3 Å². The molecule has 7 heteroatoms. The third-order valence-electron chi connectivity index (χ3n) is 8.68. The van der Waals surface area contributed by atoms with Crippen LogP contribution in [0.2, 0.25) is 0 Å². The average Bonchev–Trinajstić information content (AvgIpc) is 3.75. The molecule has 2 saturated carbocycles. The summed E-state index contributed by atoms with van der Waals surface area (Å²) in [4.78, 5) is 26.1. The summed E-state index contributed by atoms with van der Waals surface area (Å²) in [6, 6.07) is 6.40. The van der Waals surface area contributed by atoms with E-state index in [2.05, 4.69) is 33.7 Å². The number of nitrogens with zero attached hydrogens (tertiary/aromatic N) is 3. The van der Waals surface area contributed by atoms with Crippen LogP contribution >= 0.6 is 0 Å². The molecular weight excluding hydrogens is 503 g/mol. The van der Waals surface area contributed by atoms with E-state index in [1.165, 1.54) is 32.1 Å². The van der Waals surface area contributed by atoms with Crippen LogP contribution in [0, 0.1) is 23.7 Å². The van der Waals surface area contributed by atoms with Crippen LogP contribution in [0.4, 0.5) is 4.39 Å². The van der Waals surface area contributed by atoms with Gasteiger partial charge in [-0.15, -0.1) is 0 Å². The molecule has 4 rings (SSSR count). The molecule has 1 aromatic carbocycles. The average molecular weight is 551 g/mol. The summed E-state index contributed by atoms with van der Waals surface area (Å²) in [5, 5.41) is 8.63. The van der Waals surface area contributed by atoms with Gasteiger partial charge < -0.3 is 15.0 Å². The Balaban J connectivity index is 1.40. The number of carbonyl (C=O) groups is 2. The van der Waals surface area contributed by atoms with Crippen molar-refractivity contribution in [2.24, 2.45) is 11.8 Å². The van der Waals surface area contributed by atoms with E-state index in [1.54, 1.807) is 7.05 Å². The second-order valence-electron chi connectivity index (χ2n) is 11.9. The van der Waals surface area contributed by atoms with E-state index >= 15 is 0 Å². The number of carbonyl (C=O) groups excluding carboxylic acids is 2. The highest BCUT2D eigenvalue weighted by Crippen LogP contribution is 2.40. The maximum Gasteiger partial charge on any atom is 0.228 e. The fraction of sp³-hybridized carbons (Fsp3) is 0.667. The number of hydrogen-bond acceptors (Lipinski definition) is 4. The molecule has 0 spiro atoms. The minimum Gasteiger partial charge on any atom is -0.359 e. The number of aromatic nitrogens is 2. The molecule has 6 nitrogen and oxygen atoms in total. The lowest BCUT2D eigenvalue weighted by Crippen LogP contribution is -2.33. The lowest BCUT2D eigenvalue weighted by Gasteiger charge is -2.29. The van der Waals surface area contributed by atoms with Crippen molar-refractivity contribution in [1.82, 2.24) is 20.0 Å². The van der Waals surface area contributed by atoms with E-state index in [1.807, 2.05) is 18.2 Å². The molecule has 0 radical (unpaired) electrons. The number of rotatable bonds is 15. The fourth-order valence-corrected chi connectivity index (χ4v) is 6.13. The molecule has 2 unspecified atom stereocenters. The van der Waals surface area contributed by atoms with Crippen molar-refractivity contribution in [3.8, 4) is 11.8 Å². The summed E-state index contributed by atoms with van der Waals surface area (Å²) in [5.41, 5.74) is 2.69. The van der Waals surface area contributed by atoms with Crippen molar-refractivity contribution in [3.63, 3.8) is 0 Å². The summed E-state index contributed by atoms with van der Waals surface area (Å²) < 4.78 is 15.3. The number of para-hydroxylation sites is 1. The monoisotopic (exact) mass is 550 g/mol. The van der Waals surface area contributed by atoms with E-state index in [0.717, 1.165) is 79.6 Å². The van der Waals surface area contributed by atoms with Gasteiger partial charge in [0.05, 0.1) is 28.7 Å². The van der Waals surface area contributed by atoms with Crippen molar-refractivity contribution < 1.29 is 14.0 Å². The molecule has 0 aliphatic heterocycles. The van der Waals surface area contributed by atoms with Gasteiger partial charge in [0.25, 0.3) is 0 Å². The minimum atomic E-state index is -0.461. The van der Waals surface area contributed by atoms with Gasteiger partial charge in [0.2, 0.25) is 5.91 Å². The van der Waals surface area contributed by atoms with Crippen LogP contribution in [-0.2, 0) is 9.59 Å². The Morgan fingerprint density at radius 3 is 2.67 bits per heavy atom. The Bertz CT molecular complexity index is 1170. The molecular formula is C33H47FN4O2. The van der Waals surface area contributed by atoms with E-state index in [4.69, 9.17) is 5.10 Å². The predicted octanol–water partition coefficient (Wildman–Crippen LogP) is 6.19. The summed E-state index contributed by atoms with van der Waals surface area (Å²) in [6.45, 7) is 4.59. The van der Waals surface area contributed by atoms with Gasteiger partial charge in [-0.1, -0.05) is 50.2 Å². The standard InChI is InChI=1S/C33H47FN4O2/c1-25(19-21-37(22-20-34)24-26-11-4-3-5-12-26)10-6-7-13-27-14-8-15-29-31(30(16-9-23-39)33(40)35-2)36-38(32(27)29)28-17-18-28/h8,14-15,23,25-26,28,30H,3-6,9-12,16-22,24H2,1-2H3,(H,35,40). The zero-order chi connectivity index (χ0) is 28.3. The second-order valence-corrected chi connectivity index (χ2v) is 11.9. The van der Waals surface area contributed by atoms with Gasteiger partial charge in [0, 0.05) is 38.4 Å². The van der Waals surface area contributed by atoms with Crippen molar-refractivity contribution in [2.75, 3.05) is 33.4 Å². The number of likely N-dealkylation sites (N-methyl/N-ethyl adjacent to an activating group) is 1. The zero-order valence-corrected chi connectivity index (χ0v) is 24.5. The molecule has 1 heterocycles. The minimum absolute atomic E-state index is 0.113. The van der Waals surface area contributed by atoms with E-state index in [-0.39, 0.29) is 12.6 Å². The third kappa shape index (κ3) is 8.16. The van der Waals surface area contributed by atoms with Crippen molar-refractivity contribution in [2.45, 2.75) is 95.9 Å². The SMILES string of the molecule is CNC(=O)C(CCC=O)c1nn(C2CC2)c2c(C#CCCC(C)CCN(CCF)CC3CCCCC3)cccc12. The first-order valence-corrected chi connectivity index (χ1v) is 15.5. The predicted molar refractivity (Wildman–Crippen MR) is 159 cm³/mol. The number of benzene rings is 1. The molecule has 0 saturated heterocycles. The van der Waals surface area contributed by atoms with Crippen LogP contribution in [0.5, 0.6) is 0 Å². The first kappa shape index (κ1) is 30.2. The first-order chi connectivity index (χ1) is 19.5. The van der Waals surface area contributed by atoms with Crippen LogP contribution in [0.15, 0.2) is 18.2 Å². The Morgan fingerprint density at radius 2 is 1.98 bits per heavy atom. The summed E-state index contributed by atoms with van der Waals surface area (Å²) in [6.07, 6.45) is 13.3. The molecule has 2 atom stereocenters. The fourth-order valence-electron chi connectivity index (χ4n) is 6.13. The van der Waals surface area contributed by atoms with E-state index in [9.17, 15) is 14.0 Å². The molecule has 2 aliphatic carbocycles. The summed E-state index contributed by atoms with van der Waals surface area (Å²) in [7, 11) is 1.63. The van der Waals surface area contributed by atoms with Gasteiger partial charge in [-0.3, -0.25) is 9.48 Å². The maximum atomic E-state index is 13.2. The maximum absolute atomic E-state index is 13.2. The van der Waals surface area contributed by atoms with Gasteiger partial charge in [0.15, 0.2) is 0 Å². The molecule has 2 aliphatic rings. The summed E-state index contributed by atoms with van der Waals surface area (Å²) in [5.74, 6) is 7.53. The van der Waals surface area contributed by atoms with Crippen LogP contribution in [0.1, 0.15) is 107 Å². The molecule has 1 amide bonds. The van der Waals surface area contributed by atoms with Crippen molar-refractivity contribution in [3.05, 3.63) is 29.5 Å². The number of nitrogens with one attached hydrogen (secondary N) is 1. The number of alkyl halides is 1. The van der Waals surface area contributed by atoms with Crippen LogP contribution < -0.4 is 5.32 Å². The highest BCUT2D eigenvalue weighted by atomic mass is 19.1. The number of hydrogen-bond donors (Lipinski definition) is 1. The number of amides is 1. The lowest BCUT2D eigenvalue weighted by molar-refractivity contribution is -0.122. The molecule has 1 aromatic heterocycles. The smallest absolute Gasteiger partial charge is 0.228 e. The molecule has 0 bridgehead atoms. The molecule has 40 heavy (non-hydrogen) atoms. The van der Waals surface area contributed by atoms with Crippen LogP contribution in [-0.4, -0.2) is 60.2 Å². The summed E-state index contributed by atoms with van der Waals surface area (Å²) >= 11 is 0. The van der Waals surface area contributed by atoms with Gasteiger partial charge in [-0.05, 0) is 69.4 Å². The normalized spacial score (nSPS) is 17.4. The highest BCUT2D eigenvalue weighted by Gasteiger charge is 2.32. The quantitative estimate of drug-likeness (QED) is 0.212. The molecule has 2 fully saturated rings. The Labute approximate surface area is 239 Å². The highest BCUT2D eigenvalue weighted by molar-refractivity contribution is 5.93. The van der Waals surface area contributed by atoms with Crippen LogP contribution in [0.25, 0.3) is 10.9 Å². The third-order valence-corrected chi connectivity index (χ3v) is 8.68. The van der Waals surface area contributed by atoms with Crippen molar-refractivity contribution >= 4 is 23.1 Å². The topological polar surface area (TPSA) is 67.2 Å². The largest absolute Gasteiger partial charge is 0.359 e. The Morgan fingerprint density at radius 1 is 1.18 bits per heavy atom. The number of fused-ring (bicyclic) bond motifs is 1.